The Balaban J connectivity index is 2.03. The summed E-state index contributed by atoms with van der Waals surface area (Å²) in [4.78, 5) is 19.0. The summed E-state index contributed by atoms with van der Waals surface area (Å²) >= 11 is 0. The maximum absolute atomic E-state index is 11.2. The van der Waals surface area contributed by atoms with Crippen molar-refractivity contribution in [2.45, 2.75) is 6.61 Å². The molecule has 0 bridgehead atoms. The van der Waals surface area contributed by atoms with Crippen LogP contribution in [-0.2, 0) is 11.3 Å². The Morgan fingerprint density at radius 3 is 3.06 bits per heavy atom. The molecule has 17 heavy (non-hydrogen) atoms. The predicted molar refractivity (Wildman–Crippen MR) is 56.4 cm³/mol. The summed E-state index contributed by atoms with van der Waals surface area (Å²) < 4.78 is 14.9. The van der Waals surface area contributed by atoms with E-state index in [2.05, 4.69) is 14.7 Å². The average molecular weight is 234 g/mol. The van der Waals surface area contributed by atoms with Crippen molar-refractivity contribution in [3.8, 4) is 5.88 Å². The van der Waals surface area contributed by atoms with Gasteiger partial charge in [0.25, 0.3) is 0 Å². The van der Waals surface area contributed by atoms with Crippen LogP contribution in [0.3, 0.4) is 0 Å². The Bertz CT molecular complexity index is 496. The van der Waals surface area contributed by atoms with Crippen molar-refractivity contribution < 1.29 is 18.7 Å². The summed E-state index contributed by atoms with van der Waals surface area (Å²) in [5.41, 5.74) is 0.101. The summed E-state index contributed by atoms with van der Waals surface area (Å²) in [6.45, 7) is 0.228. The second kappa shape index (κ2) is 5.11. The van der Waals surface area contributed by atoms with Crippen molar-refractivity contribution in [2.24, 2.45) is 0 Å². The number of methoxy groups -OCH3 is 1. The van der Waals surface area contributed by atoms with Crippen LogP contribution in [0, 0.1) is 0 Å². The molecule has 0 saturated heterocycles. The van der Waals surface area contributed by atoms with Gasteiger partial charge in [-0.1, -0.05) is 0 Å². The van der Waals surface area contributed by atoms with E-state index < -0.39 is 5.97 Å². The first kappa shape index (κ1) is 11.1. The molecule has 0 N–H and O–H groups in total. The van der Waals surface area contributed by atoms with Gasteiger partial charge in [-0.25, -0.2) is 9.78 Å². The maximum atomic E-state index is 11.2. The minimum absolute atomic E-state index is 0.101. The second-order valence-corrected chi connectivity index (χ2v) is 3.10. The van der Waals surface area contributed by atoms with E-state index in [9.17, 15) is 4.79 Å². The molecule has 0 aromatic carbocycles. The number of hydrogen-bond donors (Lipinski definition) is 0. The summed E-state index contributed by atoms with van der Waals surface area (Å²) in [7, 11) is 1.28. The quantitative estimate of drug-likeness (QED) is 0.745. The van der Waals surface area contributed by atoms with Gasteiger partial charge in [0.05, 0.1) is 25.8 Å². The first-order valence-electron chi connectivity index (χ1n) is 4.85. The van der Waals surface area contributed by atoms with Gasteiger partial charge in [0, 0.05) is 0 Å². The first-order chi connectivity index (χ1) is 8.29. The Kier molecular flexibility index (Phi) is 3.34. The van der Waals surface area contributed by atoms with Crippen molar-refractivity contribution in [2.75, 3.05) is 7.11 Å². The fraction of sp³-hybridized carbons (Fsp3) is 0.182. The van der Waals surface area contributed by atoms with Crippen molar-refractivity contribution in [3.63, 3.8) is 0 Å². The van der Waals surface area contributed by atoms with E-state index in [1.807, 2.05) is 0 Å². The maximum Gasteiger partial charge on any atom is 0.358 e. The summed E-state index contributed by atoms with van der Waals surface area (Å²) in [5, 5.41) is 0. The number of ether oxygens (including phenoxy) is 2. The zero-order valence-corrected chi connectivity index (χ0v) is 9.12. The molecule has 0 atom stereocenters. The first-order valence-corrected chi connectivity index (χ1v) is 4.85. The van der Waals surface area contributed by atoms with Crippen LogP contribution in [0.2, 0.25) is 0 Å². The molecule has 0 spiro atoms. The molecule has 88 valence electrons. The van der Waals surface area contributed by atoms with E-state index in [1.165, 1.54) is 19.5 Å². The number of rotatable bonds is 4. The Labute approximate surface area is 97.2 Å². The number of hydrogen-bond acceptors (Lipinski definition) is 6. The summed E-state index contributed by atoms with van der Waals surface area (Å²) in [6, 6.07) is 3.53. The molecule has 0 aliphatic rings. The SMILES string of the molecule is COC(=O)c1cncc(OCc2ccco2)n1. The van der Waals surface area contributed by atoms with Crippen molar-refractivity contribution >= 4 is 5.97 Å². The Morgan fingerprint density at radius 2 is 2.35 bits per heavy atom. The lowest BCUT2D eigenvalue weighted by molar-refractivity contribution is 0.0592. The van der Waals surface area contributed by atoms with Gasteiger partial charge in [-0.2, -0.15) is 0 Å². The van der Waals surface area contributed by atoms with E-state index in [0.717, 1.165) is 0 Å². The van der Waals surface area contributed by atoms with E-state index in [1.54, 1.807) is 18.4 Å². The second-order valence-electron chi connectivity index (χ2n) is 3.10. The lowest BCUT2D eigenvalue weighted by Crippen LogP contribution is -2.06. The highest BCUT2D eigenvalue weighted by Gasteiger charge is 2.09. The van der Waals surface area contributed by atoms with Crippen LogP contribution in [-0.4, -0.2) is 23.0 Å². The third-order valence-corrected chi connectivity index (χ3v) is 1.95. The molecule has 0 fully saturated rings. The van der Waals surface area contributed by atoms with E-state index in [4.69, 9.17) is 9.15 Å². The molecule has 0 radical (unpaired) electrons. The van der Waals surface area contributed by atoms with Crippen LogP contribution < -0.4 is 4.74 Å². The van der Waals surface area contributed by atoms with Gasteiger partial charge in [-0.3, -0.25) is 4.98 Å². The number of furan rings is 1. The van der Waals surface area contributed by atoms with Crippen LogP contribution in [0.25, 0.3) is 0 Å². The molecule has 2 rings (SSSR count). The molecule has 0 amide bonds. The van der Waals surface area contributed by atoms with E-state index in [0.29, 0.717) is 5.76 Å². The molecule has 6 heteroatoms. The number of esters is 1. The number of aromatic nitrogens is 2. The van der Waals surface area contributed by atoms with E-state index >= 15 is 0 Å². The smallest absolute Gasteiger partial charge is 0.358 e. The fourth-order valence-corrected chi connectivity index (χ4v) is 1.16. The van der Waals surface area contributed by atoms with Crippen LogP contribution in [0.4, 0.5) is 0 Å². The number of carbonyl (C=O) groups is 1. The average Bonchev–Trinajstić information content (AvgIpc) is 2.89. The molecular weight excluding hydrogens is 224 g/mol. The molecule has 2 aromatic heterocycles. The van der Waals surface area contributed by atoms with Gasteiger partial charge in [0.2, 0.25) is 5.88 Å². The number of nitrogens with zero attached hydrogens (tertiary/aromatic N) is 2. The Morgan fingerprint density at radius 1 is 1.47 bits per heavy atom. The zero-order chi connectivity index (χ0) is 12.1. The van der Waals surface area contributed by atoms with Crippen LogP contribution in [0.5, 0.6) is 5.88 Å². The molecule has 2 heterocycles. The molecule has 0 aliphatic carbocycles. The molecule has 0 saturated carbocycles. The third-order valence-electron chi connectivity index (χ3n) is 1.95. The molecule has 0 aliphatic heterocycles. The van der Waals surface area contributed by atoms with E-state index in [-0.39, 0.29) is 18.2 Å². The molecule has 2 aromatic rings. The van der Waals surface area contributed by atoms with Gasteiger partial charge in [-0.05, 0) is 12.1 Å². The lowest BCUT2D eigenvalue weighted by Gasteiger charge is -2.03. The van der Waals surface area contributed by atoms with Gasteiger partial charge < -0.3 is 13.9 Å². The Hall–Kier alpha value is -2.37. The minimum Gasteiger partial charge on any atom is -0.468 e. The molecular formula is C11H10N2O4. The highest BCUT2D eigenvalue weighted by Crippen LogP contribution is 2.09. The fourth-order valence-electron chi connectivity index (χ4n) is 1.16. The highest BCUT2D eigenvalue weighted by molar-refractivity contribution is 5.86. The van der Waals surface area contributed by atoms with Gasteiger partial charge in [-0.15, -0.1) is 0 Å². The highest BCUT2D eigenvalue weighted by atomic mass is 16.5. The predicted octanol–water partition coefficient (Wildman–Crippen LogP) is 1.44. The van der Waals surface area contributed by atoms with Crippen LogP contribution >= 0.6 is 0 Å². The van der Waals surface area contributed by atoms with Gasteiger partial charge >= 0.3 is 5.97 Å². The number of carbonyl (C=O) groups excluding carboxylic acids is 1. The largest absolute Gasteiger partial charge is 0.468 e. The normalized spacial score (nSPS) is 9.94. The van der Waals surface area contributed by atoms with Gasteiger partial charge in [0.1, 0.15) is 12.4 Å². The summed E-state index contributed by atoms with van der Waals surface area (Å²) in [6.07, 6.45) is 4.27. The van der Waals surface area contributed by atoms with Crippen LogP contribution in [0.15, 0.2) is 35.2 Å². The summed E-state index contributed by atoms with van der Waals surface area (Å²) in [5.74, 6) is 0.348. The van der Waals surface area contributed by atoms with Crippen LogP contribution in [0.1, 0.15) is 16.2 Å². The zero-order valence-electron chi connectivity index (χ0n) is 9.12. The topological polar surface area (TPSA) is 74.5 Å². The molecule has 0 unspecified atom stereocenters. The van der Waals surface area contributed by atoms with Crippen molar-refractivity contribution in [1.29, 1.82) is 0 Å². The van der Waals surface area contributed by atoms with Gasteiger partial charge in [0.15, 0.2) is 5.69 Å². The monoisotopic (exact) mass is 234 g/mol. The third kappa shape index (κ3) is 2.81. The van der Waals surface area contributed by atoms with Crippen molar-refractivity contribution in [3.05, 3.63) is 42.2 Å². The minimum atomic E-state index is -0.555. The standard InChI is InChI=1S/C11H10N2O4/c1-15-11(14)9-5-12-6-10(13-9)17-7-8-3-2-4-16-8/h2-6H,7H2,1H3. The lowest BCUT2D eigenvalue weighted by atomic mass is 10.4. The van der Waals surface area contributed by atoms with Crippen molar-refractivity contribution in [1.82, 2.24) is 9.97 Å². The molecule has 6 nitrogen and oxygen atoms in total.